The van der Waals surface area contributed by atoms with E-state index in [4.69, 9.17) is 4.42 Å². The fourth-order valence-electron chi connectivity index (χ4n) is 1.99. The molecule has 3 aromatic heterocycles. The van der Waals surface area contributed by atoms with Crippen molar-refractivity contribution in [3.63, 3.8) is 0 Å². The second-order valence-corrected chi connectivity index (χ2v) is 5.56. The van der Waals surface area contributed by atoms with Crippen LogP contribution in [-0.4, -0.2) is 29.2 Å². The van der Waals surface area contributed by atoms with Crippen LogP contribution in [0.15, 0.2) is 33.3 Å². The quantitative estimate of drug-likeness (QED) is 0.536. The minimum Gasteiger partial charge on any atom is -0.469 e. The van der Waals surface area contributed by atoms with E-state index >= 15 is 0 Å². The zero-order valence-corrected chi connectivity index (χ0v) is 12.9. The minimum absolute atomic E-state index is 0.198. The van der Waals surface area contributed by atoms with Crippen molar-refractivity contribution in [2.45, 2.75) is 17.1 Å². The molecule has 0 atom stereocenters. The van der Waals surface area contributed by atoms with E-state index in [2.05, 4.69) is 15.2 Å². The molecule has 114 valence electrons. The molecule has 0 aliphatic rings. The smallest absolute Gasteiger partial charge is 0.396 e. The van der Waals surface area contributed by atoms with Gasteiger partial charge in [-0.3, -0.25) is 0 Å². The van der Waals surface area contributed by atoms with Gasteiger partial charge in [0.2, 0.25) is 6.33 Å². The maximum Gasteiger partial charge on any atom is 0.396 e. The molecule has 9 nitrogen and oxygen atoms in total. The summed E-state index contributed by atoms with van der Waals surface area (Å²) >= 11 is 1.14. The molecule has 3 heterocycles. The van der Waals surface area contributed by atoms with E-state index in [1.54, 1.807) is 35.6 Å². The molecule has 0 aliphatic carbocycles. The maximum absolute atomic E-state index is 11.0. The van der Waals surface area contributed by atoms with Gasteiger partial charge in [0.1, 0.15) is 5.76 Å². The Hall–Kier alpha value is -2.62. The van der Waals surface area contributed by atoms with Gasteiger partial charge in [0.05, 0.1) is 11.8 Å². The normalized spacial score (nSPS) is 11.0. The highest BCUT2D eigenvalue weighted by molar-refractivity contribution is 7.99. The third-order valence-corrected chi connectivity index (χ3v) is 4.36. The molecule has 0 saturated heterocycles. The van der Waals surface area contributed by atoms with Crippen molar-refractivity contribution in [3.05, 3.63) is 34.5 Å². The van der Waals surface area contributed by atoms with Gasteiger partial charge in [0.25, 0.3) is 0 Å². The van der Waals surface area contributed by atoms with Gasteiger partial charge in [-0.1, -0.05) is 0 Å². The first-order chi connectivity index (χ1) is 10.5. The van der Waals surface area contributed by atoms with Crippen molar-refractivity contribution in [1.29, 1.82) is 0 Å². The van der Waals surface area contributed by atoms with Crippen LogP contribution < -0.4 is 0 Å². The van der Waals surface area contributed by atoms with Gasteiger partial charge in [0, 0.05) is 14.1 Å². The Kier molecular flexibility index (Phi) is 3.45. The molecule has 0 radical (unpaired) electrons. The van der Waals surface area contributed by atoms with Crippen LogP contribution in [0.25, 0.3) is 11.4 Å². The number of imidazole rings is 1. The van der Waals surface area contributed by atoms with Crippen LogP contribution in [-0.2, 0) is 14.1 Å². The summed E-state index contributed by atoms with van der Waals surface area (Å²) in [5, 5.41) is 20.2. The first-order valence-electron chi connectivity index (χ1n) is 6.26. The average Bonchev–Trinajstić information content (AvgIpc) is 3.13. The topological polar surface area (TPSA) is 105 Å². The second kappa shape index (κ2) is 5.30. The number of aromatic nitrogens is 5. The summed E-state index contributed by atoms with van der Waals surface area (Å²) in [5.41, 5.74) is 0.835. The number of hydrogen-bond donors (Lipinski definition) is 0. The number of rotatable bonds is 4. The van der Waals surface area contributed by atoms with Crippen LogP contribution in [0.1, 0.15) is 5.76 Å². The van der Waals surface area contributed by atoms with Crippen molar-refractivity contribution in [1.82, 2.24) is 24.3 Å². The highest BCUT2D eigenvalue weighted by Crippen LogP contribution is 2.34. The van der Waals surface area contributed by atoms with E-state index in [0.29, 0.717) is 16.0 Å². The number of nitro groups is 1. The predicted molar refractivity (Wildman–Crippen MR) is 77.4 cm³/mol. The molecule has 3 rings (SSSR count). The first-order valence-corrected chi connectivity index (χ1v) is 7.08. The third kappa shape index (κ3) is 2.26. The van der Waals surface area contributed by atoms with Crippen molar-refractivity contribution in [3.8, 4) is 11.4 Å². The molecule has 0 saturated carbocycles. The van der Waals surface area contributed by atoms with Crippen molar-refractivity contribution in [2.75, 3.05) is 0 Å². The van der Waals surface area contributed by atoms with Gasteiger partial charge >= 0.3 is 5.82 Å². The molecule has 22 heavy (non-hydrogen) atoms. The number of nitrogens with zero attached hydrogens (tertiary/aromatic N) is 6. The average molecular weight is 320 g/mol. The number of hydrogen-bond acceptors (Lipinski definition) is 7. The van der Waals surface area contributed by atoms with Gasteiger partial charge in [-0.15, -0.1) is 10.2 Å². The Balaban J connectivity index is 1.99. The molecule has 0 unspecified atom stereocenters. The second-order valence-electron chi connectivity index (χ2n) is 4.60. The van der Waals surface area contributed by atoms with E-state index in [1.165, 1.54) is 6.33 Å². The summed E-state index contributed by atoms with van der Waals surface area (Å²) in [6, 6.07) is 1.81. The van der Waals surface area contributed by atoms with Crippen molar-refractivity contribution >= 4 is 17.6 Å². The SMILES string of the molecule is Cc1occc1-c1nnc(Sc2c([N+](=O)[O-])ncn2C)n1C. The minimum atomic E-state index is -0.514. The third-order valence-electron chi connectivity index (χ3n) is 3.16. The molecule has 0 fully saturated rings. The molecular formula is C12H12N6O3S. The molecule has 0 spiro atoms. The Bertz CT molecular complexity index is 849. The Morgan fingerprint density at radius 1 is 1.36 bits per heavy atom. The Morgan fingerprint density at radius 2 is 2.14 bits per heavy atom. The molecule has 0 aliphatic heterocycles. The molecule has 0 N–H and O–H groups in total. The van der Waals surface area contributed by atoms with Crippen molar-refractivity contribution < 1.29 is 9.34 Å². The summed E-state index contributed by atoms with van der Waals surface area (Å²) in [6.45, 7) is 1.84. The van der Waals surface area contributed by atoms with Crippen LogP contribution in [0.5, 0.6) is 0 Å². The van der Waals surface area contributed by atoms with E-state index in [1.807, 2.05) is 6.92 Å². The van der Waals surface area contributed by atoms with Gasteiger partial charge in [-0.05, 0) is 34.7 Å². The van der Waals surface area contributed by atoms with Gasteiger partial charge in [-0.2, -0.15) is 0 Å². The summed E-state index contributed by atoms with van der Waals surface area (Å²) in [6.07, 6.45) is 2.98. The van der Waals surface area contributed by atoms with Gasteiger partial charge in [-0.25, -0.2) is 0 Å². The molecular weight excluding hydrogens is 308 g/mol. The molecule has 0 aromatic carbocycles. The largest absolute Gasteiger partial charge is 0.469 e. The number of furan rings is 1. The lowest BCUT2D eigenvalue weighted by molar-refractivity contribution is -0.392. The first kappa shape index (κ1) is 14.3. The lowest BCUT2D eigenvalue weighted by atomic mass is 10.2. The van der Waals surface area contributed by atoms with Gasteiger partial charge < -0.3 is 23.7 Å². The number of aryl methyl sites for hydroxylation is 2. The Labute approximate surface area is 129 Å². The Morgan fingerprint density at radius 3 is 2.77 bits per heavy atom. The summed E-state index contributed by atoms with van der Waals surface area (Å²) in [4.78, 5) is 14.3. The highest BCUT2D eigenvalue weighted by Gasteiger charge is 2.24. The summed E-state index contributed by atoms with van der Waals surface area (Å²) < 4.78 is 8.61. The van der Waals surface area contributed by atoms with E-state index in [0.717, 1.165) is 23.1 Å². The monoisotopic (exact) mass is 320 g/mol. The standard InChI is InChI=1S/C12H12N6O3S/c1-7-8(4-5-21-7)9-14-15-12(17(9)3)22-11-10(18(19)20)13-6-16(11)2/h4-6H,1-3H3. The predicted octanol–water partition coefficient (Wildman–Crippen LogP) is 2.18. The van der Waals surface area contributed by atoms with Crippen LogP contribution >= 0.6 is 11.8 Å². The van der Waals surface area contributed by atoms with E-state index in [9.17, 15) is 10.1 Å². The van der Waals surface area contributed by atoms with Gasteiger partial charge in [0.15, 0.2) is 16.0 Å². The van der Waals surface area contributed by atoms with E-state index in [-0.39, 0.29) is 5.82 Å². The van der Waals surface area contributed by atoms with Crippen LogP contribution in [0, 0.1) is 17.0 Å². The lowest BCUT2D eigenvalue weighted by Gasteiger charge is -2.03. The summed E-state index contributed by atoms with van der Waals surface area (Å²) in [7, 11) is 3.49. The molecule has 3 aromatic rings. The van der Waals surface area contributed by atoms with Crippen LogP contribution in [0.2, 0.25) is 0 Å². The maximum atomic E-state index is 11.0. The lowest BCUT2D eigenvalue weighted by Crippen LogP contribution is -1.98. The van der Waals surface area contributed by atoms with Crippen molar-refractivity contribution in [2.24, 2.45) is 14.1 Å². The van der Waals surface area contributed by atoms with Crippen LogP contribution in [0.4, 0.5) is 5.82 Å². The molecule has 0 amide bonds. The fourth-order valence-corrected chi connectivity index (χ4v) is 2.88. The zero-order chi connectivity index (χ0) is 15.9. The molecule has 10 heteroatoms. The zero-order valence-electron chi connectivity index (χ0n) is 12.0. The van der Waals surface area contributed by atoms with E-state index < -0.39 is 4.92 Å². The fraction of sp³-hybridized carbons (Fsp3) is 0.250. The highest BCUT2D eigenvalue weighted by atomic mass is 32.2. The molecule has 0 bridgehead atoms. The van der Waals surface area contributed by atoms with Crippen LogP contribution in [0.3, 0.4) is 0 Å². The summed E-state index contributed by atoms with van der Waals surface area (Å²) in [5.74, 6) is 1.17.